The van der Waals surface area contributed by atoms with Crippen molar-refractivity contribution in [2.24, 2.45) is 9.98 Å². The number of amidine groups is 2. The molecule has 4 aromatic rings. The van der Waals surface area contributed by atoms with Crippen LogP contribution in [0, 0.1) is 0 Å². The van der Waals surface area contributed by atoms with Crippen LogP contribution in [0.3, 0.4) is 0 Å². The van der Waals surface area contributed by atoms with Crippen LogP contribution in [0.4, 0.5) is 0 Å². The Kier molecular flexibility index (Phi) is 18.1. The number of rotatable bonds is 20. The van der Waals surface area contributed by atoms with E-state index >= 15 is 0 Å². The summed E-state index contributed by atoms with van der Waals surface area (Å²) in [5.41, 5.74) is 2.57. The van der Waals surface area contributed by atoms with Crippen LogP contribution < -0.4 is 9.47 Å². The molecule has 0 bridgehead atoms. The topological polar surface area (TPSA) is 136 Å². The van der Waals surface area contributed by atoms with Gasteiger partial charge in [0.1, 0.15) is 34.2 Å². The molecule has 0 saturated heterocycles. The Morgan fingerprint density at radius 3 is 1.41 bits per heavy atom. The molecule has 4 aromatic carbocycles. The van der Waals surface area contributed by atoms with Crippen molar-refractivity contribution in [3.63, 3.8) is 0 Å². The predicted molar refractivity (Wildman–Crippen MR) is 292 cm³/mol. The van der Waals surface area contributed by atoms with Gasteiger partial charge in [-0.05, 0) is 127 Å². The maximum atomic E-state index is 13.5. The summed E-state index contributed by atoms with van der Waals surface area (Å²) in [6, 6.07) is 29.8. The van der Waals surface area contributed by atoms with E-state index in [0.717, 1.165) is 139 Å². The first-order valence-electron chi connectivity index (χ1n) is 26.6. The Balaban J connectivity index is 0.000000214. The van der Waals surface area contributed by atoms with E-state index in [1.807, 2.05) is 76.5 Å². The molecular formula is C60H75BrN4O8. The van der Waals surface area contributed by atoms with Crippen LogP contribution in [0.15, 0.2) is 105 Å². The first kappa shape index (κ1) is 54.9. The monoisotopic (exact) mass is 1060 g/mol. The van der Waals surface area contributed by atoms with Crippen LogP contribution in [-0.2, 0) is 41.7 Å². The summed E-state index contributed by atoms with van der Waals surface area (Å²) < 4.78 is 23.5. The molecule has 2 heterocycles. The van der Waals surface area contributed by atoms with E-state index in [1.165, 1.54) is 0 Å². The quantitative estimate of drug-likeness (QED) is 0.0798. The molecule has 2 saturated carbocycles. The molecule has 2 spiro atoms. The summed E-state index contributed by atoms with van der Waals surface area (Å²) in [6.07, 6.45) is 13.7. The molecule has 0 radical (unpaired) electrons. The van der Waals surface area contributed by atoms with Crippen molar-refractivity contribution in [3.8, 4) is 33.8 Å². The molecule has 2 fully saturated rings. The Morgan fingerprint density at radius 1 is 0.575 bits per heavy atom. The lowest BCUT2D eigenvalue weighted by molar-refractivity contribution is -0.159. The van der Waals surface area contributed by atoms with Gasteiger partial charge in [0, 0.05) is 28.4 Å². The van der Waals surface area contributed by atoms with Gasteiger partial charge in [-0.2, -0.15) is 0 Å². The van der Waals surface area contributed by atoms with Crippen molar-refractivity contribution >= 4 is 51.4 Å². The highest BCUT2D eigenvalue weighted by Gasteiger charge is 2.50. The Morgan fingerprint density at radius 2 is 0.986 bits per heavy atom. The van der Waals surface area contributed by atoms with Crippen molar-refractivity contribution in [2.45, 2.75) is 181 Å². The number of nitrogens with zero attached hydrogens (tertiary/aromatic N) is 4. The number of hydrogen-bond donors (Lipinski definition) is 0. The second kappa shape index (κ2) is 24.0. The van der Waals surface area contributed by atoms with Crippen LogP contribution in [0.25, 0.3) is 22.3 Å². The molecule has 0 aromatic heterocycles. The molecule has 13 heteroatoms. The predicted octanol–water partition coefficient (Wildman–Crippen LogP) is 13.4. The summed E-state index contributed by atoms with van der Waals surface area (Å²) in [7, 11) is 0. The number of esters is 2. The van der Waals surface area contributed by atoms with E-state index in [-0.39, 0.29) is 11.8 Å². The molecular weight excluding hydrogens is 985 g/mol. The highest BCUT2D eigenvalue weighted by molar-refractivity contribution is 9.10. The van der Waals surface area contributed by atoms with Gasteiger partial charge in [0.25, 0.3) is 11.8 Å². The van der Waals surface area contributed by atoms with Crippen molar-refractivity contribution < 1.29 is 38.1 Å². The molecule has 2 aliphatic heterocycles. The molecule has 4 aliphatic rings. The van der Waals surface area contributed by atoms with E-state index in [4.69, 9.17) is 28.9 Å². The van der Waals surface area contributed by atoms with Crippen molar-refractivity contribution in [1.82, 2.24) is 9.80 Å². The average molecular weight is 1060 g/mol. The minimum absolute atomic E-state index is 0.170. The van der Waals surface area contributed by atoms with Gasteiger partial charge in [0.2, 0.25) is 0 Å². The Hall–Kier alpha value is -5.82. The van der Waals surface area contributed by atoms with Gasteiger partial charge in [0.15, 0.2) is 11.2 Å². The van der Waals surface area contributed by atoms with Gasteiger partial charge in [-0.25, -0.2) is 9.59 Å². The van der Waals surface area contributed by atoms with Crippen LogP contribution in [0.5, 0.6) is 11.5 Å². The van der Waals surface area contributed by atoms with Crippen molar-refractivity contribution in [1.29, 1.82) is 0 Å². The molecule has 2 aliphatic carbocycles. The fourth-order valence-electron chi connectivity index (χ4n) is 10.2. The second-order valence-corrected chi connectivity index (χ2v) is 21.6. The standard InChI is InChI=1S/C30H37BrN2O4.C30H38N2O4/c1-5-7-10-26-32-30(17-8-9-18-30)27(34)33(26)20-21-11-13-22(14-12-21)24-19-23(31)15-16-25(24)37-29(3,4)28(35)36-6-2;1-5-7-14-26-31-30(19-10-11-20-30)27(33)32(26)21-22-15-17-23(18-16-22)24-12-8-9-13-25(24)36-29(3,4)28(34)35-6-2/h11-16,19H,5-10,17-18,20H2,1-4H3;8-9,12-13,15-18H,5-7,10-11,14,19-21H2,1-4H3. The highest BCUT2D eigenvalue weighted by Crippen LogP contribution is 2.42. The van der Waals surface area contributed by atoms with Gasteiger partial charge in [0.05, 0.1) is 26.3 Å². The maximum Gasteiger partial charge on any atom is 0.349 e. The molecule has 0 atom stereocenters. The molecule has 8 rings (SSSR count). The lowest BCUT2D eigenvalue weighted by Gasteiger charge is -2.26. The third-order valence-corrected chi connectivity index (χ3v) is 14.8. The Labute approximate surface area is 441 Å². The maximum absolute atomic E-state index is 13.5. The summed E-state index contributed by atoms with van der Waals surface area (Å²) in [4.78, 5) is 65.5. The first-order chi connectivity index (χ1) is 35.0. The molecule has 73 heavy (non-hydrogen) atoms. The van der Waals surface area contributed by atoms with E-state index in [9.17, 15) is 19.2 Å². The lowest BCUT2D eigenvalue weighted by atomic mass is 9.98. The van der Waals surface area contributed by atoms with Crippen LogP contribution in [0.1, 0.15) is 156 Å². The largest absolute Gasteiger partial charge is 0.476 e. The lowest BCUT2D eigenvalue weighted by Crippen LogP contribution is -2.40. The summed E-state index contributed by atoms with van der Waals surface area (Å²) in [5, 5.41) is 0. The van der Waals surface area contributed by atoms with Crippen molar-refractivity contribution in [2.75, 3.05) is 13.2 Å². The fraction of sp³-hybridized carbons (Fsp3) is 0.500. The van der Waals surface area contributed by atoms with Crippen LogP contribution in [0.2, 0.25) is 0 Å². The normalized spacial score (nSPS) is 16.9. The van der Waals surface area contributed by atoms with E-state index in [0.29, 0.717) is 37.8 Å². The summed E-state index contributed by atoms with van der Waals surface area (Å²) in [6.45, 7) is 16.4. The minimum Gasteiger partial charge on any atom is -0.476 e. The van der Waals surface area contributed by atoms with Gasteiger partial charge in [-0.1, -0.05) is 135 Å². The number of carbonyl (C=O) groups excluding carboxylic acids is 4. The zero-order valence-electron chi connectivity index (χ0n) is 44.3. The average Bonchev–Trinajstić information content (AvgIpc) is 4.17. The zero-order valence-corrected chi connectivity index (χ0v) is 45.9. The SMILES string of the molecule is CCCCC1=NC2(CCCC2)C(=O)N1Cc1ccc(-c2cc(Br)ccc2OC(C)(C)C(=O)OCC)cc1.CCCCC1=NC2(CCCC2)C(=O)N1Cc1ccc(-c2ccccc2OC(C)(C)C(=O)OCC)cc1. The first-order valence-corrected chi connectivity index (χ1v) is 27.4. The minimum atomic E-state index is -1.13. The number of aliphatic imine (C=N–C) groups is 2. The van der Waals surface area contributed by atoms with Gasteiger partial charge >= 0.3 is 11.9 Å². The third kappa shape index (κ3) is 12.8. The van der Waals surface area contributed by atoms with Crippen LogP contribution >= 0.6 is 15.9 Å². The number of ether oxygens (including phenoxy) is 4. The zero-order chi connectivity index (χ0) is 52.4. The molecule has 12 nitrogen and oxygen atoms in total. The number of amides is 2. The van der Waals surface area contributed by atoms with Crippen LogP contribution in [-0.4, -0.2) is 80.7 Å². The third-order valence-electron chi connectivity index (χ3n) is 14.3. The number of unbranched alkanes of at least 4 members (excludes halogenated alkanes) is 2. The number of carbonyl (C=O) groups is 4. The number of halogens is 1. The molecule has 390 valence electrons. The number of para-hydroxylation sites is 1. The van der Waals surface area contributed by atoms with Gasteiger partial charge in [-0.15, -0.1) is 0 Å². The Bertz CT molecular complexity index is 2650. The molecule has 2 amide bonds. The van der Waals surface area contributed by atoms with Gasteiger partial charge in [-0.3, -0.25) is 29.4 Å². The smallest absolute Gasteiger partial charge is 0.349 e. The highest BCUT2D eigenvalue weighted by atomic mass is 79.9. The summed E-state index contributed by atoms with van der Waals surface area (Å²) >= 11 is 3.56. The van der Waals surface area contributed by atoms with Crippen molar-refractivity contribution in [3.05, 3.63) is 107 Å². The number of benzene rings is 4. The van der Waals surface area contributed by atoms with E-state index in [2.05, 4.69) is 54.0 Å². The van der Waals surface area contributed by atoms with Gasteiger partial charge < -0.3 is 18.9 Å². The van der Waals surface area contributed by atoms with E-state index < -0.39 is 34.2 Å². The summed E-state index contributed by atoms with van der Waals surface area (Å²) in [5.74, 6) is 2.66. The number of hydrogen-bond acceptors (Lipinski definition) is 10. The molecule has 0 unspecified atom stereocenters. The fourth-order valence-corrected chi connectivity index (χ4v) is 10.6. The van der Waals surface area contributed by atoms with E-state index in [1.54, 1.807) is 41.5 Å². The molecule has 0 N–H and O–H groups in total. The second-order valence-electron chi connectivity index (χ2n) is 20.7.